The van der Waals surface area contributed by atoms with E-state index in [4.69, 9.17) is 9.05 Å². The Kier molecular flexibility index (Phi) is 6.93. The van der Waals surface area contributed by atoms with E-state index in [1.165, 1.54) is 6.33 Å². The molecule has 2 aromatic heterocycles. The summed E-state index contributed by atoms with van der Waals surface area (Å²) in [5, 5.41) is 2.72. The Morgan fingerprint density at radius 3 is 2.45 bits per heavy atom. The molecule has 10 heteroatoms. The Morgan fingerprint density at radius 2 is 1.73 bits per heavy atom. The summed E-state index contributed by atoms with van der Waals surface area (Å²) in [4.78, 5) is 28.8. The molecule has 9 nitrogen and oxygen atoms in total. The van der Waals surface area contributed by atoms with E-state index in [-0.39, 0.29) is 31.2 Å². The van der Waals surface area contributed by atoms with Crippen molar-refractivity contribution in [1.29, 1.82) is 0 Å². The van der Waals surface area contributed by atoms with E-state index in [1.807, 2.05) is 42.5 Å². The summed E-state index contributed by atoms with van der Waals surface area (Å²) in [5.41, 5.74) is 3.62. The monoisotopic (exact) mass is 465 g/mol. The number of carbonyl (C=O) groups excluding carboxylic acids is 1. The highest BCUT2D eigenvalue weighted by molar-refractivity contribution is 7.53. The molecule has 0 bridgehead atoms. The number of aromatic nitrogens is 4. The van der Waals surface area contributed by atoms with Crippen molar-refractivity contribution >= 4 is 30.6 Å². The molecule has 0 saturated heterocycles. The molecule has 0 unspecified atom stereocenters. The number of H-pyrrole nitrogens is 1. The van der Waals surface area contributed by atoms with Crippen molar-refractivity contribution in [3.8, 4) is 11.1 Å². The minimum Gasteiger partial charge on any atom is -0.342 e. The molecular formula is C23H24N5O4P. The molecule has 4 rings (SSSR count). The summed E-state index contributed by atoms with van der Waals surface area (Å²) in [6.07, 6.45) is 1.38. The van der Waals surface area contributed by atoms with Crippen LogP contribution >= 0.6 is 7.60 Å². The Balaban J connectivity index is 1.62. The van der Waals surface area contributed by atoms with Gasteiger partial charge in [-0.25, -0.2) is 9.97 Å². The largest absolute Gasteiger partial charge is 0.342 e. The van der Waals surface area contributed by atoms with Gasteiger partial charge in [-0.05, 0) is 37.1 Å². The first-order chi connectivity index (χ1) is 16.0. The highest BCUT2D eigenvalue weighted by atomic mass is 31.2. The minimum absolute atomic E-state index is 0.0549. The van der Waals surface area contributed by atoms with E-state index in [9.17, 15) is 9.36 Å². The van der Waals surface area contributed by atoms with Gasteiger partial charge < -0.3 is 14.0 Å². The predicted octanol–water partition coefficient (Wildman–Crippen LogP) is 5.04. The third kappa shape index (κ3) is 5.34. The molecular weight excluding hydrogens is 441 g/mol. The van der Waals surface area contributed by atoms with Crippen molar-refractivity contribution in [2.45, 2.75) is 20.0 Å². The molecule has 0 spiro atoms. The highest BCUT2D eigenvalue weighted by Gasteiger charge is 2.27. The smallest absolute Gasteiger partial charge is 0.336 e. The van der Waals surface area contributed by atoms with Gasteiger partial charge in [0.25, 0.3) is 5.91 Å². The lowest BCUT2D eigenvalue weighted by Crippen LogP contribution is -2.15. The van der Waals surface area contributed by atoms with Gasteiger partial charge in [0.05, 0.1) is 31.4 Å². The van der Waals surface area contributed by atoms with Crippen LogP contribution in [0.2, 0.25) is 0 Å². The van der Waals surface area contributed by atoms with Gasteiger partial charge in [-0.15, -0.1) is 0 Å². The van der Waals surface area contributed by atoms with Gasteiger partial charge >= 0.3 is 7.60 Å². The molecule has 0 aliphatic carbocycles. The van der Waals surface area contributed by atoms with E-state index < -0.39 is 7.60 Å². The lowest BCUT2D eigenvalue weighted by atomic mass is 10.0. The van der Waals surface area contributed by atoms with Crippen molar-refractivity contribution in [3.63, 3.8) is 0 Å². The van der Waals surface area contributed by atoms with E-state index >= 15 is 0 Å². The van der Waals surface area contributed by atoms with Crippen molar-refractivity contribution in [2.75, 3.05) is 18.5 Å². The Hall–Kier alpha value is -3.39. The SMILES string of the molecule is CCOP(=O)(Cc1nc(NC(=O)c2cccc(-c3ccccc3)c2)nc2nc[nH]c12)OCC. The standard InChI is InChI=1S/C23H24N5O4P/c1-3-31-33(30,32-4-2)14-19-20-21(25-15-24-20)27-23(26-19)28-22(29)18-12-8-11-17(13-18)16-9-6-5-7-10-16/h5-13,15H,3-4,14H2,1-2H3,(H2,24,25,26,27,28,29). The van der Waals surface area contributed by atoms with Crippen LogP contribution in [0.25, 0.3) is 22.3 Å². The fourth-order valence-electron chi connectivity index (χ4n) is 3.41. The molecule has 170 valence electrons. The van der Waals surface area contributed by atoms with Crippen molar-refractivity contribution in [1.82, 2.24) is 19.9 Å². The maximum atomic E-state index is 13.0. The van der Waals surface area contributed by atoms with E-state index in [1.54, 1.807) is 26.0 Å². The number of anilines is 1. The predicted molar refractivity (Wildman–Crippen MR) is 126 cm³/mol. The molecule has 0 aliphatic rings. The number of benzene rings is 2. The molecule has 0 atom stereocenters. The van der Waals surface area contributed by atoms with Gasteiger partial charge in [-0.1, -0.05) is 42.5 Å². The third-order valence-corrected chi connectivity index (χ3v) is 6.80. The number of nitrogens with zero attached hydrogens (tertiary/aromatic N) is 3. The number of rotatable bonds is 9. The minimum atomic E-state index is -3.42. The quantitative estimate of drug-likeness (QED) is 0.332. The zero-order valence-electron chi connectivity index (χ0n) is 18.3. The fraction of sp³-hybridized carbons (Fsp3) is 0.217. The molecule has 2 heterocycles. The molecule has 1 amide bonds. The van der Waals surface area contributed by atoms with Crippen LogP contribution < -0.4 is 5.32 Å². The second kappa shape index (κ2) is 10.0. The Morgan fingerprint density at radius 1 is 1.00 bits per heavy atom. The van der Waals surface area contributed by atoms with Crippen LogP contribution in [0.4, 0.5) is 5.95 Å². The van der Waals surface area contributed by atoms with Crippen LogP contribution in [0.15, 0.2) is 60.9 Å². The van der Waals surface area contributed by atoms with Crippen molar-refractivity contribution in [3.05, 3.63) is 72.2 Å². The zero-order valence-corrected chi connectivity index (χ0v) is 19.2. The second-order valence-corrected chi connectivity index (χ2v) is 9.16. The van der Waals surface area contributed by atoms with Crippen molar-refractivity contribution in [2.24, 2.45) is 0 Å². The number of aromatic amines is 1. The molecule has 0 radical (unpaired) electrons. The van der Waals surface area contributed by atoms with Crippen LogP contribution in [-0.2, 0) is 19.8 Å². The molecule has 0 fully saturated rings. The molecule has 0 aliphatic heterocycles. The number of fused-ring (bicyclic) bond motifs is 1. The van der Waals surface area contributed by atoms with Crippen LogP contribution in [0, 0.1) is 0 Å². The first kappa shape index (κ1) is 22.8. The number of carbonyl (C=O) groups is 1. The van der Waals surface area contributed by atoms with E-state index in [2.05, 4.69) is 25.3 Å². The zero-order chi connectivity index (χ0) is 23.3. The average Bonchev–Trinajstić information content (AvgIpc) is 3.29. The first-order valence-electron chi connectivity index (χ1n) is 10.6. The van der Waals surface area contributed by atoms with E-state index in [0.717, 1.165) is 11.1 Å². The van der Waals surface area contributed by atoms with Gasteiger partial charge in [-0.2, -0.15) is 4.98 Å². The van der Waals surface area contributed by atoms with Gasteiger partial charge in [0, 0.05) is 5.56 Å². The number of hydrogen-bond acceptors (Lipinski definition) is 7. The fourth-order valence-corrected chi connectivity index (χ4v) is 5.05. The van der Waals surface area contributed by atoms with E-state index in [0.29, 0.717) is 22.4 Å². The summed E-state index contributed by atoms with van der Waals surface area (Å²) in [6.45, 7) is 3.95. The van der Waals surface area contributed by atoms with Crippen LogP contribution in [-0.4, -0.2) is 39.1 Å². The maximum Gasteiger partial charge on any atom is 0.336 e. The summed E-state index contributed by atoms with van der Waals surface area (Å²) in [7, 11) is -3.42. The summed E-state index contributed by atoms with van der Waals surface area (Å²) in [6, 6.07) is 17.1. The topological polar surface area (TPSA) is 119 Å². The molecule has 2 N–H and O–H groups in total. The summed E-state index contributed by atoms with van der Waals surface area (Å²) >= 11 is 0. The average molecular weight is 465 g/mol. The first-order valence-corrected chi connectivity index (χ1v) is 12.3. The molecule has 4 aromatic rings. The molecule has 33 heavy (non-hydrogen) atoms. The number of hydrogen-bond donors (Lipinski definition) is 2. The van der Waals surface area contributed by atoms with Gasteiger partial charge in [-0.3, -0.25) is 14.7 Å². The number of nitrogens with one attached hydrogen (secondary N) is 2. The Labute approximate surface area is 191 Å². The normalized spacial score (nSPS) is 11.6. The van der Waals surface area contributed by atoms with Gasteiger partial charge in [0.1, 0.15) is 5.52 Å². The molecule has 2 aromatic carbocycles. The maximum absolute atomic E-state index is 13.0. The Bertz CT molecular complexity index is 1300. The lowest BCUT2D eigenvalue weighted by Gasteiger charge is -2.17. The lowest BCUT2D eigenvalue weighted by molar-refractivity contribution is 0.102. The number of imidazole rings is 1. The second-order valence-electron chi connectivity index (χ2n) is 7.10. The van der Waals surface area contributed by atoms with Crippen LogP contribution in [0.1, 0.15) is 29.9 Å². The third-order valence-electron chi connectivity index (χ3n) is 4.81. The summed E-state index contributed by atoms with van der Waals surface area (Å²) < 4.78 is 23.8. The molecule has 0 saturated carbocycles. The summed E-state index contributed by atoms with van der Waals surface area (Å²) in [5.74, 6) is -0.314. The van der Waals surface area contributed by atoms with Gasteiger partial charge in [0.2, 0.25) is 5.95 Å². The number of amides is 1. The van der Waals surface area contributed by atoms with Crippen LogP contribution in [0.5, 0.6) is 0 Å². The van der Waals surface area contributed by atoms with Crippen LogP contribution in [0.3, 0.4) is 0 Å². The van der Waals surface area contributed by atoms with Crippen molar-refractivity contribution < 1.29 is 18.4 Å². The highest BCUT2D eigenvalue weighted by Crippen LogP contribution is 2.51. The van der Waals surface area contributed by atoms with Gasteiger partial charge in [0.15, 0.2) is 5.65 Å².